The molecule has 1 amide bonds. The maximum atomic E-state index is 13.1. The van der Waals surface area contributed by atoms with Crippen LogP contribution in [0.2, 0.25) is 0 Å². The van der Waals surface area contributed by atoms with Crippen molar-refractivity contribution in [2.45, 2.75) is 232 Å². The summed E-state index contributed by atoms with van der Waals surface area (Å²) in [5, 5.41) is 7.36. The van der Waals surface area contributed by atoms with Gasteiger partial charge in [0, 0.05) is 42.8 Å². The number of imidazole rings is 1. The lowest BCUT2D eigenvalue weighted by molar-refractivity contribution is -0.157. The van der Waals surface area contributed by atoms with Crippen molar-refractivity contribution in [1.82, 2.24) is 25.2 Å². The van der Waals surface area contributed by atoms with Crippen molar-refractivity contribution >= 4 is 57.4 Å². The number of pyridine rings is 1. The fraction of sp³-hybridized carbons (Fsp3) is 0.759. The molecule has 2 atom stereocenters. The molecule has 12 nitrogen and oxygen atoms in total. The number of rotatable bonds is 43. The molecule has 0 fully saturated rings. The fourth-order valence-corrected chi connectivity index (χ4v) is 9.66. The lowest BCUT2D eigenvalue weighted by Gasteiger charge is -2.19. The first kappa shape index (κ1) is 57.9. The van der Waals surface area contributed by atoms with Crippen molar-refractivity contribution in [2.24, 2.45) is 5.73 Å². The van der Waals surface area contributed by atoms with E-state index in [9.17, 15) is 14.4 Å². The number of carbonyl (C=O) groups excluding carboxylic acids is 3. The Morgan fingerprint density at radius 2 is 1.19 bits per heavy atom. The van der Waals surface area contributed by atoms with Crippen molar-refractivity contribution in [2.75, 3.05) is 36.9 Å². The number of unbranched alkanes of at least 4 members (excludes halogenated alkanes) is 24. The number of ether oxygens (including phenoxy) is 2. The Morgan fingerprint density at radius 3 is 1.75 bits per heavy atom. The minimum Gasteiger partial charge on any atom is -0.462 e. The molecule has 0 saturated carbocycles. The van der Waals surface area contributed by atoms with E-state index < -0.39 is 12.1 Å². The Balaban J connectivity index is 1.40. The predicted octanol–water partition coefficient (Wildman–Crippen LogP) is 12.3. The molecule has 0 spiro atoms. The van der Waals surface area contributed by atoms with E-state index in [1.807, 2.05) is 24.3 Å². The first-order valence-corrected chi connectivity index (χ1v) is 28.1. The summed E-state index contributed by atoms with van der Waals surface area (Å²) < 4.78 is 13.7. The lowest BCUT2D eigenvalue weighted by atomic mass is 10.0. The third-order valence-corrected chi connectivity index (χ3v) is 13.9. The molecule has 380 valence electrons. The van der Waals surface area contributed by atoms with Gasteiger partial charge in [-0.05, 0) is 31.9 Å². The maximum absolute atomic E-state index is 13.1. The highest BCUT2D eigenvalue weighted by atomic mass is 32.2. The van der Waals surface area contributed by atoms with Crippen molar-refractivity contribution < 1.29 is 23.9 Å². The van der Waals surface area contributed by atoms with Gasteiger partial charge in [-0.2, -0.15) is 11.8 Å². The molecule has 3 rings (SSSR count). The summed E-state index contributed by atoms with van der Waals surface area (Å²) in [5.74, 6) is 1.22. The van der Waals surface area contributed by atoms with E-state index in [4.69, 9.17) is 25.9 Å². The number of anilines is 1. The molecular formula is C54H93N7O5S. The summed E-state index contributed by atoms with van der Waals surface area (Å²) in [5.41, 5.74) is 15.2. The van der Waals surface area contributed by atoms with Gasteiger partial charge >= 0.3 is 11.9 Å². The van der Waals surface area contributed by atoms with Crippen LogP contribution in [0.4, 0.5) is 5.82 Å². The largest absolute Gasteiger partial charge is 0.462 e. The summed E-state index contributed by atoms with van der Waals surface area (Å²) in [6.45, 7) is 9.03. The van der Waals surface area contributed by atoms with Crippen LogP contribution in [0.1, 0.15) is 213 Å². The Labute approximate surface area is 409 Å². The van der Waals surface area contributed by atoms with Crippen molar-refractivity contribution in [3.63, 3.8) is 0 Å². The highest BCUT2D eigenvalue weighted by Crippen LogP contribution is 2.29. The minimum absolute atomic E-state index is 0.00571. The highest BCUT2D eigenvalue weighted by molar-refractivity contribution is 7.99. The number of nitrogen functional groups attached to an aromatic ring is 1. The smallest absolute Gasteiger partial charge is 0.306 e. The number of carbonyl (C=O) groups is 3. The monoisotopic (exact) mass is 952 g/mol. The molecule has 0 aliphatic rings. The third kappa shape index (κ3) is 25.1. The molecule has 0 bridgehead atoms. The number of nitrogens with zero attached hydrogens (tertiary/aromatic N) is 3. The number of amides is 1. The lowest BCUT2D eigenvalue weighted by Crippen LogP contribution is -2.43. The Kier molecular flexibility index (Phi) is 32.4. The number of thioether (sulfide) groups is 1. The predicted molar refractivity (Wildman–Crippen MR) is 281 cm³/mol. The van der Waals surface area contributed by atoms with Gasteiger partial charge in [-0.3, -0.25) is 14.4 Å². The number of aromatic nitrogens is 3. The van der Waals surface area contributed by atoms with E-state index in [1.165, 1.54) is 140 Å². The van der Waals surface area contributed by atoms with E-state index in [0.29, 0.717) is 61.7 Å². The molecule has 6 N–H and O–H groups in total. The maximum Gasteiger partial charge on any atom is 0.306 e. The zero-order chi connectivity index (χ0) is 48.2. The number of aryl methyl sites for hydroxylation is 1. The quantitative estimate of drug-likeness (QED) is 0.0314. The second kappa shape index (κ2) is 37.5. The number of benzene rings is 1. The summed E-state index contributed by atoms with van der Waals surface area (Å²) in [7, 11) is 0. The average molecular weight is 952 g/mol. The van der Waals surface area contributed by atoms with Gasteiger partial charge in [0.05, 0.1) is 23.6 Å². The minimum atomic E-state index is -0.751. The summed E-state index contributed by atoms with van der Waals surface area (Å²) in [4.78, 5) is 48.3. The second-order valence-corrected chi connectivity index (χ2v) is 19.8. The van der Waals surface area contributed by atoms with Crippen LogP contribution in [-0.4, -0.2) is 75.7 Å². The number of para-hydroxylation sites is 1. The Morgan fingerprint density at radius 1 is 0.672 bits per heavy atom. The fourth-order valence-electron chi connectivity index (χ4n) is 8.69. The van der Waals surface area contributed by atoms with Crippen LogP contribution in [0, 0.1) is 0 Å². The first-order chi connectivity index (χ1) is 32.8. The number of nitrogens with two attached hydrogens (primary N) is 2. The highest BCUT2D eigenvalue weighted by Gasteiger charge is 2.21. The molecule has 1 aromatic carbocycles. The van der Waals surface area contributed by atoms with Crippen molar-refractivity contribution in [3.05, 3.63) is 30.1 Å². The van der Waals surface area contributed by atoms with Gasteiger partial charge < -0.3 is 36.1 Å². The molecule has 67 heavy (non-hydrogen) atoms. The van der Waals surface area contributed by atoms with Crippen LogP contribution in [0.15, 0.2) is 24.3 Å². The van der Waals surface area contributed by atoms with Crippen LogP contribution in [0.3, 0.4) is 0 Å². The standard InChI is InChI=1S/C54H93N7O5S/c1-4-7-9-11-13-15-17-19-21-23-25-27-29-36-49(62)65-41-44(66-50(63)37-30-28-26-24-22-20-18-16-14-12-10-8-5-2)42-67-43-46(55)54(64)58-38-33-39-61-48(40-57-6-3)60-51-52(61)45-34-31-32-35-47(45)59-53(51)56/h31-32,34-35,44,46,57H,4-30,33,36-43,55H2,1-3H3,(H2,56,59)(H,58,64)/t44-,46?/m1/s1. The third-order valence-electron chi connectivity index (χ3n) is 12.7. The molecular weight excluding hydrogens is 859 g/mol. The van der Waals surface area contributed by atoms with Gasteiger partial charge in [-0.1, -0.05) is 193 Å². The van der Waals surface area contributed by atoms with E-state index in [0.717, 1.165) is 67.3 Å². The second-order valence-electron chi connectivity index (χ2n) is 18.7. The summed E-state index contributed by atoms with van der Waals surface area (Å²) in [6, 6.07) is 7.17. The molecule has 0 radical (unpaired) electrons. The number of hydrogen-bond acceptors (Lipinski definition) is 11. The zero-order valence-corrected chi connectivity index (χ0v) is 43.2. The molecule has 0 saturated heterocycles. The van der Waals surface area contributed by atoms with Crippen molar-refractivity contribution in [1.29, 1.82) is 0 Å². The van der Waals surface area contributed by atoms with Gasteiger partial charge in [-0.25, -0.2) is 9.97 Å². The molecule has 0 aliphatic heterocycles. The summed E-state index contributed by atoms with van der Waals surface area (Å²) >= 11 is 1.44. The van der Waals surface area contributed by atoms with Gasteiger partial charge in [0.15, 0.2) is 5.82 Å². The first-order valence-electron chi connectivity index (χ1n) is 27.0. The molecule has 0 aliphatic carbocycles. The molecule has 3 aromatic rings. The van der Waals surface area contributed by atoms with Crippen molar-refractivity contribution in [3.8, 4) is 0 Å². The van der Waals surface area contributed by atoms with Crippen LogP contribution in [0.5, 0.6) is 0 Å². The van der Waals surface area contributed by atoms with Crippen LogP contribution >= 0.6 is 11.8 Å². The van der Waals surface area contributed by atoms with Crippen LogP contribution in [-0.2, 0) is 36.9 Å². The van der Waals surface area contributed by atoms with E-state index >= 15 is 0 Å². The molecule has 13 heteroatoms. The zero-order valence-electron chi connectivity index (χ0n) is 42.4. The number of nitrogens with one attached hydrogen (secondary N) is 2. The van der Waals surface area contributed by atoms with E-state index in [-0.39, 0.29) is 24.5 Å². The van der Waals surface area contributed by atoms with Gasteiger partial charge in [0.2, 0.25) is 5.91 Å². The molecule has 2 heterocycles. The van der Waals surface area contributed by atoms with Gasteiger partial charge in [0.25, 0.3) is 0 Å². The average Bonchev–Trinajstić information content (AvgIpc) is 3.70. The Hall–Kier alpha value is -3.42. The molecule has 2 aromatic heterocycles. The normalized spacial score (nSPS) is 12.5. The van der Waals surface area contributed by atoms with Gasteiger partial charge in [-0.15, -0.1) is 0 Å². The number of fused-ring (bicyclic) bond motifs is 3. The van der Waals surface area contributed by atoms with Gasteiger partial charge in [0.1, 0.15) is 24.1 Å². The van der Waals surface area contributed by atoms with Crippen LogP contribution < -0.4 is 22.1 Å². The topological polar surface area (TPSA) is 176 Å². The van der Waals surface area contributed by atoms with E-state index in [1.54, 1.807) is 0 Å². The Bertz CT molecular complexity index is 1770. The molecule has 1 unspecified atom stereocenters. The number of esters is 2. The number of hydrogen-bond donors (Lipinski definition) is 4. The SMILES string of the molecule is CCCCCCCCCCCCCCCC(=O)OC[C@H](CSCC(N)C(=O)NCCCn1c(CNCC)nc2c(N)nc3ccccc3c21)OC(=O)CCCCCCCCCCCCCCC. The summed E-state index contributed by atoms with van der Waals surface area (Å²) in [6.07, 6.45) is 33.1. The van der Waals surface area contributed by atoms with Crippen LogP contribution in [0.25, 0.3) is 21.9 Å². The van der Waals surface area contributed by atoms with E-state index in [2.05, 4.69) is 41.0 Å².